The van der Waals surface area contributed by atoms with Gasteiger partial charge in [0.05, 0.1) is 17.9 Å². The number of aliphatic imine (C=N–C) groups is 2. The molecule has 3 aromatic rings. The van der Waals surface area contributed by atoms with Crippen LogP contribution >= 0.6 is 35.6 Å². The fourth-order valence-corrected chi connectivity index (χ4v) is 4.06. The molecule has 1 saturated heterocycles. The van der Waals surface area contributed by atoms with Gasteiger partial charge in [-0.25, -0.2) is 9.98 Å². The monoisotopic (exact) mass is 421 g/mol. The van der Waals surface area contributed by atoms with Crippen molar-refractivity contribution in [3.8, 4) is 0 Å². The first-order valence-electron chi connectivity index (χ1n) is 8.71. The Bertz CT molecular complexity index is 1030. The van der Waals surface area contributed by atoms with Crippen LogP contribution in [0.15, 0.2) is 94.9 Å². The number of hydrogen-bond donors (Lipinski definition) is 0. The van der Waals surface area contributed by atoms with Crippen molar-refractivity contribution in [2.24, 2.45) is 9.98 Å². The lowest BCUT2D eigenvalue weighted by atomic mass is 10.2. The molecular weight excluding hydrogens is 406 g/mol. The SMILES string of the molecule is S=C1SC(=Nc2ccccc2)C(=Nc2ccccc2)N1Cc1ccc(Cl)cc1. The first-order chi connectivity index (χ1) is 13.7. The second-order valence-electron chi connectivity index (χ2n) is 6.10. The minimum atomic E-state index is 0.614. The quantitative estimate of drug-likeness (QED) is 0.442. The number of halogens is 1. The van der Waals surface area contributed by atoms with Crippen molar-refractivity contribution in [2.75, 3.05) is 0 Å². The van der Waals surface area contributed by atoms with Gasteiger partial charge in [0.25, 0.3) is 0 Å². The molecule has 0 amide bonds. The predicted octanol–water partition coefficient (Wildman–Crippen LogP) is 6.63. The Morgan fingerprint density at radius 1 is 0.786 bits per heavy atom. The van der Waals surface area contributed by atoms with E-state index in [1.165, 1.54) is 11.8 Å². The zero-order valence-electron chi connectivity index (χ0n) is 14.8. The first kappa shape index (κ1) is 18.9. The predicted molar refractivity (Wildman–Crippen MR) is 124 cm³/mol. The van der Waals surface area contributed by atoms with Gasteiger partial charge in [-0.1, -0.05) is 72.3 Å². The molecule has 0 aromatic heterocycles. The summed E-state index contributed by atoms with van der Waals surface area (Å²) in [6.07, 6.45) is 0. The van der Waals surface area contributed by atoms with Gasteiger partial charge < -0.3 is 4.90 Å². The summed E-state index contributed by atoms with van der Waals surface area (Å²) in [6, 6.07) is 27.5. The maximum absolute atomic E-state index is 6.02. The Morgan fingerprint density at radius 2 is 1.36 bits per heavy atom. The smallest absolute Gasteiger partial charge is 0.168 e. The largest absolute Gasteiger partial charge is 0.305 e. The molecule has 1 aliphatic rings. The van der Waals surface area contributed by atoms with Crippen LogP contribution in [-0.4, -0.2) is 20.1 Å². The van der Waals surface area contributed by atoms with Gasteiger partial charge in [-0.3, -0.25) is 0 Å². The lowest BCUT2D eigenvalue weighted by Gasteiger charge is -2.17. The van der Waals surface area contributed by atoms with Crippen LogP contribution in [-0.2, 0) is 6.54 Å². The second-order valence-corrected chi connectivity index (χ2v) is 8.16. The molecule has 4 rings (SSSR count). The number of rotatable bonds is 4. The summed E-state index contributed by atoms with van der Waals surface area (Å²) < 4.78 is 0.735. The third kappa shape index (κ3) is 4.50. The highest BCUT2D eigenvalue weighted by atomic mass is 35.5. The molecule has 1 aliphatic heterocycles. The second kappa shape index (κ2) is 8.69. The van der Waals surface area contributed by atoms with Crippen LogP contribution in [0.2, 0.25) is 5.02 Å². The summed E-state index contributed by atoms with van der Waals surface area (Å²) in [6.45, 7) is 0.614. The van der Waals surface area contributed by atoms with E-state index in [4.69, 9.17) is 33.8 Å². The van der Waals surface area contributed by atoms with Crippen molar-refractivity contribution < 1.29 is 0 Å². The van der Waals surface area contributed by atoms with Gasteiger partial charge in [0.2, 0.25) is 0 Å². The van der Waals surface area contributed by atoms with E-state index >= 15 is 0 Å². The zero-order chi connectivity index (χ0) is 19.3. The van der Waals surface area contributed by atoms with Crippen LogP contribution in [0.1, 0.15) is 5.56 Å². The molecule has 0 unspecified atom stereocenters. The average molecular weight is 422 g/mol. The Kier molecular flexibility index (Phi) is 5.86. The molecule has 3 nitrogen and oxygen atoms in total. The summed E-state index contributed by atoms with van der Waals surface area (Å²) in [5.41, 5.74) is 2.85. The number of para-hydroxylation sites is 2. The Morgan fingerprint density at radius 3 is 1.96 bits per heavy atom. The van der Waals surface area contributed by atoms with Crippen LogP contribution in [0.3, 0.4) is 0 Å². The lowest BCUT2D eigenvalue weighted by Crippen LogP contribution is -2.29. The molecule has 0 atom stereocenters. The number of thiocarbonyl (C=S) groups is 1. The van der Waals surface area contributed by atoms with E-state index in [2.05, 4.69) is 0 Å². The van der Waals surface area contributed by atoms with E-state index in [-0.39, 0.29) is 0 Å². The molecule has 0 N–H and O–H groups in total. The van der Waals surface area contributed by atoms with E-state index in [0.29, 0.717) is 11.6 Å². The minimum absolute atomic E-state index is 0.614. The Hall–Kier alpha value is -2.47. The van der Waals surface area contributed by atoms with Gasteiger partial charge in [-0.05, 0) is 53.7 Å². The molecule has 138 valence electrons. The van der Waals surface area contributed by atoms with Gasteiger partial charge in [0.1, 0.15) is 9.36 Å². The normalized spacial score (nSPS) is 16.9. The third-order valence-electron chi connectivity index (χ3n) is 4.08. The van der Waals surface area contributed by atoms with Gasteiger partial charge in [0, 0.05) is 5.02 Å². The Balaban J connectivity index is 1.73. The molecule has 0 radical (unpaired) electrons. The number of thioether (sulfide) groups is 1. The van der Waals surface area contributed by atoms with Crippen LogP contribution in [0.5, 0.6) is 0 Å². The molecule has 0 aliphatic carbocycles. The van der Waals surface area contributed by atoms with E-state index in [9.17, 15) is 0 Å². The number of benzene rings is 3. The van der Waals surface area contributed by atoms with E-state index in [1.807, 2.05) is 89.8 Å². The van der Waals surface area contributed by atoms with Crippen molar-refractivity contribution >= 4 is 62.2 Å². The minimum Gasteiger partial charge on any atom is -0.305 e. The topological polar surface area (TPSA) is 28.0 Å². The third-order valence-corrected chi connectivity index (χ3v) is 5.67. The molecule has 3 aromatic carbocycles. The maximum atomic E-state index is 6.02. The van der Waals surface area contributed by atoms with Crippen LogP contribution in [0.25, 0.3) is 0 Å². The highest BCUT2D eigenvalue weighted by molar-refractivity contribution is 8.35. The maximum Gasteiger partial charge on any atom is 0.168 e. The van der Waals surface area contributed by atoms with Crippen molar-refractivity contribution in [1.29, 1.82) is 0 Å². The van der Waals surface area contributed by atoms with E-state index in [0.717, 1.165) is 32.1 Å². The molecule has 0 saturated carbocycles. The van der Waals surface area contributed by atoms with E-state index in [1.54, 1.807) is 0 Å². The summed E-state index contributed by atoms with van der Waals surface area (Å²) in [7, 11) is 0. The average Bonchev–Trinajstić information content (AvgIpc) is 3.00. The van der Waals surface area contributed by atoms with Crippen LogP contribution < -0.4 is 0 Å². The molecular formula is C22H16ClN3S2. The van der Waals surface area contributed by atoms with Gasteiger partial charge in [0.15, 0.2) is 5.84 Å². The summed E-state index contributed by atoms with van der Waals surface area (Å²) >= 11 is 13.1. The summed E-state index contributed by atoms with van der Waals surface area (Å²) in [5.74, 6) is 0.764. The summed E-state index contributed by atoms with van der Waals surface area (Å²) in [5, 5.41) is 1.51. The van der Waals surface area contributed by atoms with Crippen molar-refractivity contribution in [2.45, 2.75) is 6.54 Å². The first-order valence-corrected chi connectivity index (χ1v) is 10.3. The van der Waals surface area contributed by atoms with Gasteiger partial charge in [-0.15, -0.1) is 0 Å². The highest BCUT2D eigenvalue weighted by Gasteiger charge is 2.32. The van der Waals surface area contributed by atoms with E-state index < -0.39 is 0 Å². The molecule has 0 spiro atoms. The lowest BCUT2D eigenvalue weighted by molar-refractivity contribution is 0.635. The molecule has 1 fully saturated rings. The highest BCUT2D eigenvalue weighted by Crippen LogP contribution is 2.30. The molecule has 6 heteroatoms. The van der Waals surface area contributed by atoms with Crippen molar-refractivity contribution in [3.63, 3.8) is 0 Å². The Labute approximate surface area is 178 Å². The number of amidine groups is 1. The molecule has 1 heterocycles. The van der Waals surface area contributed by atoms with Crippen LogP contribution in [0.4, 0.5) is 11.4 Å². The van der Waals surface area contributed by atoms with Gasteiger partial charge >= 0.3 is 0 Å². The molecule has 28 heavy (non-hydrogen) atoms. The van der Waals surface area contributed by atoms with Crippen molar-refractivity contribution in [1.82, 2.24) is 4.90 Å². The standard InChI is InChI=1S/C22H16ClN3S2/c23-17-13-11-16(12-14-17)15-26-20(24-18-7-3-1-4-8-18)21(28-22(26)27)25-19-9-5-2-6-10-19/h1-14H,15H2. The van der Waals surface area contributed by atoms with Gasteiger partial charge in [-0.2, -0.15) is 0 Å². The van der Waals surface area contributed by atoms with Crippen molar-refractivity contribution in [3.05, 3.63) is 95.5 Å². The molecule has 0 bridgehead atoms. The zero-order valence-corrected chi connectivity index (χ0v) is 17.2. The summed E-state index contributed by atoms with van der Waals surface area (Å²) in [4.78, 5) is 11.7. The fourth-order valence-electron chi connectivity index (χ4n) is 2.72. The fraction of sp³-hybridized carbons (Fsp3) is 0.0455. The number of nitrogens with zero attached hydrogens (tertiary/aromatic N) is 3. The number of hydrogen-bond acceptors (Lipinski definition) is 4. The van der Waals surface area contributed by atoms with Crippen LogP contribution in [0, 0.1) is 0 Å².